The number of aryl methyl sites for hydroxylation is 1. The molecule has 2 atom stereocenters. The van der Waals surface area contributed by atoms with Crippen molar-refractivity contribution in [2.75, 3.05) is 18.4 Å². The predicted molar refractivity (Wildman–Crippen MR) is 70.3 cm³/mol. The summed E-state index contributed by atoms with van der Waals surface area (Å²) in [4.78, 5) is 12.1. The van der Waals surface area contributed by atoms with Crippen LogP contribution < -0.4 is 10.6 Å². The molecular weight excluding hydrogens is 236 g/mol. The minimum Gasteiger partial charge on any atom is -0.324 e. The number of rotatable bonds is 2. The van der Waals surface area contributed by atoms with Gasteiger partial charge < -0.3 is 10.6 Å². The van der Waals surface area contributed by atoms with E-state index in [9.17, 15) is 4.79 Å². The van der Waals surface area contributed by atoms with Gasteiger partial charge in [-0.2, -0.15) is 0 Å². The van der Waals surface area contributed by atoms with Crippen LogP contribution in [0, 0.1) is 18.8 Å². The van der Waals surface area contributed by atoms with E-state index in [2.05, 4.69) is 17.6 Å². The fraction of sp³-hybridized carbons (Fsp3) is 0.462. The molecule has 17 heavy (non-hydrogen) atoms. The van der Waals surface area contributed by atoms with Crippen molar-refractivity contribution in [3.63, 3.8) is 0 Å². The van der Waals surface area contributed by atoms with Gasteiger partial charge in [-0.05, 0) is 37.1 Å². The highest BCUT2D eigenvalue weighted by molar-refractivity contribution is 6.33. The number of anilines is 1. The number of halogens is 1. The van der Waals surface area contributed by atoms with Crippen molar-refractivity contribution in [2.24, 2.45) is 11.8 Å². The minimum atomic E-state index is 0.0339. The molecule has 1 aliphatic rings. The SMILES string of the molecule is Cc1ccc(Cl)c(NC(=O)C2CNCC2C)c1. The minimum absolute atomic E-state index is 0.0339. The number of carbonyl (C=O) groups excluding carboxylic acids is 1. The molecule has 2 N–H and O–H groups in total. The van der Waals surface area contributed by atoms with Crippen LogP contribution in [-0.2, 0) is 4.79 Å². The normalized spacial score (nSPS) is 23.7. The molecule has 1 aromatic carbocycles. The summed E-state index contributed by atoms with van der Waals surface area (Å²) in [7, 11) is 0. The Morgan fingerprint density at radius 3 is 2.88 bits per heavy atom. The first-order valence-electron chi connectivity index (χ1n) is 5.85. The summed E-state index contributed by atoms with van der Waals surface area (Å²) < 4.78 is 0. The number of nitrogens with one attached hydrogen (secondary N) is 2. The highest BCUT2D eigenvalue weighted by atomic mass is 35.5. The largest absolute Gasteiger partial charge is 0.324 e. The molecule has 0 aliphatic carbocycles. The van der Waals surface area contributed by atoms with Crippen LogP contribution in [0.25, 0.3) is 0 Å². The number of benzene rings is 1. The molecule has 1 saturated heterocycles. The molecule has 1 amide bonds. The molecule has 0 bridgehead atoms. The van der Waals surface area contributed by atoms with E-state index in [1.807, 2.05) is 25.1 Å². The Morgan fingerprint density at radius 1 is 1.47 bits per heavy atom. The molecule has 92 valence electrons. The second-order valence-corrected chi connectivity index (χ2v) is 5.12. The van der Waals surface area contributed by atoms with Crippen LogP contribution >= 0.6 is 11.6 Å². The Hall–Kier alpha value is -1.06. The molecule has 0 aromatic heterocycles. The van der Waals surface area contributed by atoms with Gasteiger partial charge in [0, 0.05) is 6.54 Å². The van der Waals surface area contributed by atoms with Crippen molar-refractivity contribution in [3.05, 3.63) is 28.8 Å². The zero-order chi connectivity index (χ0) is 12.4. The standard InChI is InChI=1S/C13H17ClN2O/c1-8-3-4-11(14)12(5-8)16-13(17)10-7-15-6-9(10)2/h3-5,9-10,15H,6-7H2,1-2H3,(H,16,17). The summed E-state index contributed by atoms with van der Waals surface area (Å²) in [5.41, 5.74) is 1.79. The number of carbonyl (C=O) groups is 1. The zero-order valence-corrected chi connectivity index (χ0v) is 10.8. The molecule has 2 rings (SSSR count). The molecule has 1 aromatic rings. The van der Waals surface area contributed by atoms with Crippen molar-refractivity contribution in [1.29, 1.82) is 0 Å². The fourth-order valence-corrected chi connectivity index (χ4v) is 2.29. The van der Waals surface area contributed by atoms with Gasteiger partial charge in [-0.1, -0.05) is 24.6 Å². The Morgan fingerprint density at radius 2 is 2.24 bits per heavy atom. The van der Waals surface area contributed by atoms with Gasteiger partial charge in [-0.15, -0.1) is 0 Å². The topological polar surface area (TPSA) is 41.1 Å². The van der Waals surface area contributed by atoms with E-state index in [4.69, 9.17) is 11.6 Å². The summed E-state index contributed by atoms with van der Waals surface area (Å²) in [5, 5.41) is 6.72. The molecule has 0 saturated carbocycles. The molecule has 3 nitrogen and oxygen atoms in total. The van der Waals surface area contributed by atoms with Gasteiger partial charge in [-0.25, -0.2) is 0 Å². The smallest absolute Gasteiger partial charge is 0.229 e. The first kappa shape index (κ1) is 12.4. The highest BCUT2D eigenvalue weighted by Crippen LogP contribution is 2.25. The summed E-state index contributed by atoms with van der Waals surface area (Å²) in [6.07, 6.45) is 0. The summed E-state index contributed by atoms with van der Waals surface area (Å²) in [5.74, 6) is 0.458. The Balaban J connectivity index is 2.10. The first-order valence-corrected chi connectivity index (χ1v) is 6.23. The number of hydrogen-bond donors (Lipinski definition) is 2. The van der Waals surface area contributed by atoms with E-state index >= 15 is 0 Å². The molecule has 1 aliphatic heterocycles. The lowest BCUT2D eigenvalue weighted by atomic mass is 9.97. The average Bonchev–Trinajstić information content (AvgIpc) is 2.70. The summed E-state index contributed by atoms with van der Waals surface area (Å²) >= 11 is 6.05. The van der Waals surface area contributed by atoms with E-state index in [1.165, 1.54) is 0 Å². The van der Waals surface area contributed by atoms with E-state index in [-0.39, 0.29) is 11.8 Å². The van der Waals surface area contributed by atoms with Crippen LogP contribution in [0.15, 0.2) is 18.2 Å². The highest BCUT2D eigenvalue weighted by Gasteiger charge is 2.29. The van der Waals surface area contributed by atoms with Crippen molar-refractivity contribution in [1.82, 2.24) is 5.32 Å². The Labute approximate surface area is 107 Å². The van der Waals surface area contributed by atoms with Gasteiger partial charge in [-0.3, -0.25) is 4.79 Å². The van der Waals surface area contributed by atoms with Crippen molar-refractivity contribution >= 4 is 23.2 Å². The van der Waals surface area contributed by atoms with Crippen LogP contribution in [-0.4, -0.2) is 19.0 Å². The third-order valence-electron chi connectivity index (χ3n) is 3.23. The van der Waals surface area contributed by atoms with Crippen LogP contribution in [0.2, 0.25) is 5.02 Å². The van der Waals surface area contributed by atoms with E-state index in [0.29, 0.717) is 16.6 Å². The Kier molecular flexibility index (Phi) is 3.69. The van der Waals surface area contributed by atoms with Gasteiger partial charge in [0.15, 0.2) is 0 Å². The maximum absolute atomic E-state index is 12.1. The maximum Gasteiger partial charge on any atom is 0.229 e. The summed E-state index contributed by atoms with van der Waals surface area (Å²) in [6.45, 7) is 5.71. The lowest BCUT2D eigenvalue weighted by Crippen LogP contribution is -2.27. The second-order valence-electron chi connectivity index (χ2n) is 4.71. The number of amides is 1. The Bertz CT molecular complexity index is 433. The van der Waals surface area contributed by atoms with E-state index < -0.39 is 0 Å². The van der Waals surface area contributed by atoms with Crippen molar-refractivity contribution < 1.29 is 4.79 Å². The zero-order valence-electron chi connectivity index (χ0n) is 10.1. The molecule has 1 fully saturated rings. The van der Waals surface area contributed by atoms with Gasteiger partial charge in [0.1, 0.15) is 0 Å². The quantitative estimate of drug-likeness (QED) is 0.849. The van der Waals surface area contributed by atoms with Crippen LogP contribution in [0.3, 0.4) is 0 Å². The lowest BCUT2D eigenvalue weighted by molar-refractivity contribution is -0.120. The van der Waals surface area contributed by atoms with Crippen LogP contribution in [0.1, 0.15) is 12.5 Å². The van der Waals surface area contributed by atoms with Crippen molar-refractivity contribution in [3.8, 4) is 0 Å². The van der Waals surface area contributed by atoms with E-state index in [1.54, 1.807) is 0 Å². The molecule has 4 heteroatoms. The fourth-order valence-electron chi connectivity index (χ4n) is 2.12. The van der Waals surface area contributed by atoms with Gasteiger partial charge >= 0.3 is 0 Å². The first-order chi connectivity index (χ1) is 8.08. The van der Waals surface area contributed by atoms with Gasteiger partial charge in [0.05, 0.1) is 16.6 Å². The third-order valence-corrected chi connectivity index (χ3v) is 3.56. The van der Waals surface area contributed by atoms with Gasteiger partial charge in [0.2, 0.25) is 5.91 Å². The van der Waals surface area contributed by atoms with Gasteiger partial charge in [0.25, 0.3) is 0 Å². The van der Waals surface area contributed by atoms with E-state index in [0.717, 1.165) is 18.7 Å². The monoisotopic (exact) mass is 252 g/mol. The lowest BCUT2D eigenvalue weighted by Gasteiger charge is -2.15. The third kappa shape index (κ3) is 2.79. The predicted octanol–water partition coefficient (Wildman–Crippen LogP) is 2.44. The van der Waals surface area contributed by atoms with Crippen LogP contribution in [0.4, 0.5) is 5.69 Å². The average molecular weight is 253 g/mol. The summed E-state index contributed by atoms with van der Waals surface area (Å²) in [6, 6.07) is 5.63. The second kappa shape index (κ2) is 5.07. The molecule has 0 spiro atoms. The maximum atomic E-state index is 12.1. The molecular formula is C13H17ClN2O. The van der Waals surface area contributed by atoms with Crippen molar-refractivity contribution in [2.45, 2.75) is 13.8 Å². The van der Waals surface area contributed by atoms with Crippen LogP contribution in [0.5, 0.6) is 0 Å². The molecule has 1 heterocycles. The molecule has 0 radical (unpaired) electrons. The molecule has 2 unspecified atom stereocenters. The number of hydrogen-bond acceptors (Lipinski definition) is 2.